The molecule has 0 amide bonds. The minimum absolute atomic E-state index is 0.164. The maximum absolute atomic E-state index is 9.32. The molecular weight excluding hydrogens is 136 g/mol. The molecule has 0 radical (unpaired) electrons. The van der Waals surface area contributed by atoms with Crippen molar-refractivity contribution < 1.29 is 5.11 Å². The summed E-state index contributed by atoms with van der Waals surface area (Å²) >= 11 is 0. The van der Waals surface area contributed by atoms with Gasteiger partial charge in [-0.05, 0) is 19.3 Å². The highest BCUT2D eigenvalue weighted by Gasteiger charge is 1.98. The lowest BCUT2D eigenvalue weighted by molar-refractivity contribution is 0.169. The Morgan fingerprint density at radius 1 is 1.00 bits per heavy atom. The lowest BCUT2D eigenvalue weighted by Crippen LogP contribution is -2.03. The second kappa shape index (κ2) is 4.91. The van der Waals surface area contributed by atoms with Crippen LogP contribution in [0.15, 0.2) is 36.5 Å². The van der Waals surface area contributed by atoms with Gasteiger partial charge in [0.2, 0.25) is 0 Å². The fourth-order valence-corrected chi connectivity index (χ4v) is 1.02. The molecule has 0 aromatic rings. The normalized spacial score (nSPS) is 34.1. The van der Waals surface area contributed by atoms with Crippen molar-refractivity contribution in [3.05, 3.63) is 36.5 Å². The predicted octanol–water partition coefficient (Wildman–Crippen LogP) is 2.20. The van der Waals surface area contributed by atoms with Gasteiger partial charge in [0, 0.05) is 0 Å². The lowest BCUT2D eigenvalue weighted by Gasteiger charge is -2.04. The average Bonchev–Trinajstić information content (AvgIpc) is 2.03. The first-order valence-electron chi connectivity index (χ1n) is 4.06. The van der Waals surface area contributed by atoms with Crippen LogP contribution in [-0.4, -0.2) is 11.2 Å². The van der Waals surface area contributed by atoms with Crippen LogP contribution in [0.3, 0.4) is 0 Å². The Bertz CT molecular complexity index is 177. The molecule has 1 N–H and O–H groups in total. The van der Waals surface area contributed by atoms with Crippen LogP contribution in [-0.2, 0) is 0 Å². The third-order valence-electron chi connectivity index (χ3n) is 1.68. The van der Waals surface area contributed by atoms with Gasteiger partial charge < -0.3 is 5.11 Å². The predicted molar refractivity (Wildman–Crippen MR) is 47.3 cm³/mol. The van der Waals surface area contributed by atoms with Crippen molar-refractivity contribution in [3.8, 4) is 0 Å². The van der Waals surface area contributed by atoms with Gasteiger partial charge in [0.1, 0.15) is 0 Å². The zero-order chi connectivity index (χ0) is 7.94. The Morgan fingerprint density at radius 3 is 2.55 bits per heavy atom. The average molecular weight is 150 g/mol. The van der Waals surface area contributed by atoms with E-state index in [0.29, 0.717) is 0 Å². The zero-order valence-electron chi connectivity index (χ0n) is 6.61. The monoisotopic (exact) mass is 150 g/mol. The summed E-state index contributed by atoms with van der Waals surface area (Å²) in [5.74, 6) is 0. The Kier molecular flexibility index (Phi) is 3.70. The van der Waals surface area contributed by atoms with Crippen LogP contribution >= 0.6 is 0 Å². The molecule has 11 heavy (non-hydrogen) atoms. The SMILES string of the molecule is OC1C/C=C/C=C\C=C\CC1. The van der Waals surface area contributed by atoms with Crippen LogP contribution in [0.4, 0.5) is 0 Å². The molecule has 1 heteroatoms. The van der Waals surface area contributed by atoms with Crippen LogP contribution < -0.4 is 0 Å². The lowest BCUT2D eigenvalue weighted by atomic mass is 10.1. The first-order chi connectivity index (χ1) is 5.39. The van der Waals surface area contributed by atoms with Gasteiger partial charge in [-0.25, -0.2) is 0 Å². The summed E-state index contributed by atoms with van der Waals surface area (Å²) < 4.78 is 0. The van der Waals surface area contributed by atoms with Gasteiger partial charge in [-0.3, -0.25) is 0 Å². The standard InChI is InChI=1S/C10H14O/c11-10-8-6-4-2-1-3-5-7-9-10/h1-6,10-11H,7-9H2/b2-1-,5-3+,6-4+. The summed E-state index contributed by atoms with van der Waals surface area (Å²) in [6.07, 6.45) is 14.5. The topological polar surface area (TPSA) is 20.2 Å². The third kappa shape index (κ3) is 3.79. The van der Waals surface area contributed by atoms with Crippen molar-refractivity contribution in [2.24, 2.45) is 0 Å². The fraction of sp³-hybridized carbons (Fsp3) is 0.400. The molecule has 0 aromatic heterocycles. The van der Waals surface area contributed by atoms with Gasteiger partial charge in [0.15, 0.2) is 0 Å². The van der Waals surface area contributed by atoms with Crippen molar-refractivity contribution in [1.29, 1.82) is 0 Å². The highest BCUT2D eigenvalue weighted by atomic mass is 16.3. The number of rotatable bonds is 0. The molecule has 0 bridgehead atoms. The van der Waals surface area contributed by atoms with Crippen molar-refractivity contribution in [2.75, 3.05) is 0 Å². The summed E-state index contributed by atoms with van der Waals surface area (Å²) in [7, 11) is 0. The van der Waals surface area contributed by atoms with Gasteiger partial charge in [0.25, 0.3) is 0 Å². The fourth-order valence-electron chi connectivity index (χ4n) is 1.02. The minimum atomic E-state index is -0.164. The Labute approximate surface area is 67.7 Å². The molecule has 0 saturated heterocycles. The highest BCUT2D eigenvalue weighted by Crippen LogP contribution is 2.04. The number of aliphatic hydroxyl groups excluding tert-OH is 1. The van der Waals surface area contributed by atoms with Crippen LogP contribution in [0.5, 0.6) is 0 Å². The molecule has 0 heterocycles. The molecule has 1 rings (SSSR count). The first kappa shape index (κ1) is 8.28. The number of aliphatic hydroxyl groups is 1. The smallest absolute Gasteiger partial charge is 0.0577 e. The van der Waals surface area contributed by atoms with E-state index in [-0.39, 0.29) is 6.10 Å². The van der Waals surface area contributed by atoms with E-state index in [2.05, 4.69) is 6.08 Å². The Hall–Kier alpha value is -0.820. The zero-order valence-corrected chi connectivity index (χ0v) is 6.61. The molecule has 0 fully saturated rings. The van der Waals surface area contributed by atoms with E-state index in [4.69, 9.17) is 0 Å². The van der Waals surface area contributed by atoms with Crippen molar-refractivity contribution >= 4 is 0 Å². The molecule has 1 nitrogen and oxygen atoms in total. The van der Waals surface area contributed by atoms with E-state index >= 15 is 0 Å². The quantitative estimate of drug-likeness (QED) is 0.561. The van der Waals surface area contributed by atoms with Gasteiger partial charge in [0.05, 0.1) is 6.10 Å². The molecule has 1 aliphatic rings. The van der Waals surface area contributed by atoms with E-state index in [1.54, 1.807) is 0 Å². The van der Waals surface area contributed by atoms with Crippen molar-refractivity contribution in [3.63, 3.8) is 0 Å². The van der Waals surface area contributed by atoms with Crippen LogP contribution in [0.25, 0.3) is 0 Å². The second-order valence-corrected chi connectivity index (χ2v) is 2.71. The largest absolute Gasteiger partial charge is 0.393 e. The molecular formula is C10H14O. The van der Waals surface area contributed by atoms with Crippen LogP contribution in [0, 0.1) is 0 Å². The maximum atomic E-state index is 9.32. The van der Waals surface area contributed by atoms with E-state index in [0.717, 1.165) is 19.3 Å². The molecule has 0 saturated carbocycles. The second-order valence-electron chi connectivity index (χ2n) is 2.71. The molecule has 1 unspecified atom stereocenters. The molecule has 0 aromatic carbocycles. The molecule has 0 spiro atoms. The highest BCUT2D eigenvalue weighted by molar-refractivity contribution is 5.11. The maximum Gasteiger partial charge on any atom is 0.0577 e. The summed E-state index contributed by atoms with van der Waals surface area (Å²) in [6, 6.07) is 0. The Balaban J connectivity index is 2.48. The molecule has 0 aliphatic heterocycles. The Morgan fingerprint density at radius 2 is 1.73 bits per heavy atom. The number of allylic oxidation sites excluding steroid dienone is 5. The van der Waals surface area contributed by atoms with Crippen molar-refractivity contribution in [1.82, 2.24) is 0 Å². The first-order valence-corrected chi connectivity index (χ1v) is 4.06. The summed E-state index contributed by atoms with van der Waals surface area (Å²) in [5, 5.41) is 9.32. The van der Waals surface area contributed by atoms with Crippen LogP contribution in [0.2, 0.25) is 0 Å². The van der Waals surface area contributed by atoms with Crippen LogP contribution in [0.1, 0.15) is 19.3 Å². The van der Waals surface area contributed by atoms with E-state index in [1.807, 2.05) is 30.4 Å². The van der Waals surface area contributed by atoms with Gasteiger partial charge >= 0.3 is 0 Å². The number of hydrogen-bond donors (Lipinski definition) is 1. The number of hydrogen-bond acceptors (Lipinski definition) is 1. The molecule has 1 atom stereocenters. The summed E-state index contributed by atoms with van der Waals surface area (Å²) in [6.45, 7) is 0. The van der Waals surface area contributed by atoms with Gasteiger partial charge in [-0.15, -0.1) is 0 Å². The van der Waals surface area contributed by atoms with E-state index in [1.165, 1.54) is 0 Å². The summed E-state index contributed by atoms with van der Waals surface area (Å²) in [5.41, 5.74) is 0. The summed E-state index contributed by atoms with van der Waals surface area (Å²) in [4.78, 5) is 0. The molecule has 1 aliphatic carbocycles. The van der Waals surface area contributed by atoms with Gasteiger partial charge in [-0.2, -0.15) is 0 Å². The third-order valence-corrected chi connectivity index (χ3v) is 1.68. The van der Waals surface area contributed by atoms with Gasteiger partial charge in [-0.1, -0.05) is 36.5 Å². The van der Waals surface area contributed by atoms with E-state index in [9.17, 15) is 5.11 Å². The van der Waals surface area contributed by atoms with E-state index < -0.39 is 0 Å². The van der Waals surface area contributed by atoms with Crippen molar-refractivity contribution in [2.45, 2.75) is 25.4 Å². The minimum Gasteiger partial charge on any atom is -0.393 e. The molecule has 60 valence electrons.